The predicted octanol–water partition coefficient (Wildman–Crippen LogP) is 3.78. The summed E-state index contributed by atoms with van der Waals surface area (Å²) in [6.07, 6.45) is 4.35. The van der Waals surface area contributed by atoms with E-state index in [1.807, 2.05) is 30.5 Å². The molecular formula is C24H20FN5O2S. The standard InChI is InChI=1S/C24H20FN5O2S/c25-15-6-7-18-14(12-15)8-10-30(18)21-20(22(31)28-23(21)32)17-13-29(9-3-11-33-24(26)27)19-5-2-1-4-16(17)19/h1-2,4-8,10,12-13H,3,9,11H2,(H3,26,27)(H,28,31,32). The Balaban J connectivity index is 1.65. The maximum absolute atomic E-state index is 13.7. The number of nitrogens with one attached hydrogen (secondary N) is 2. The van der Waals surface area contributed by atoms with Crippen LogP contribution in [-0.2, 0) is 16.1 Å². The second-order valence-corrected chi connectivity index (χ2v) is 8.85. The molecule has 0 fully saturated rings. The first kappa shape index (κ1) is 21.0. The lowest BCUT2D eigenvalue weighted by Gasteiger charge is -2.07. The minimum absolute atomic E-state index is 0.0859. The number of para-hydroxylation sites is 1. The molecule has 2 aromatic carbocycles. The number of halogens is 1. The molecule has 0 saturated heterocycles. The maximum atomic E-state index is 13.7. The SMILES string of the molecule is N=C(N)SCCCn1cc(C2=C(n3ccc4cc(F)ccc43)C(=O)NC2=O)c2ccccc21. The highest BCUT2D eigenvalue weighted by Gasteiger charge is 2.34. The van der Waals surface area contributed by atoms with E-state index < -0.39 is 11.8 Å². The van der Waals surface area contributed by atoms with Crippen LogP contribution in [0.5, 0.6) is 0 Å². The molecule has 4 aromatic rings. The molecule has 0 spiro atoms. The van der Waals surface area contributed by atoms with Gasteiger partial charge < -0.3 is 14.9 Å². The van der Waals surface area contributed by atoms with E-state index in [1.165, 1.54) is 23.9 Å². The fourth-order valence-corrected chi connectivity index (χ4v) is 4.78. The Labute approximate surface area is 192 Å². The van der Waals surface area contributed by atoms with Gasteiger partial charge in [0.15, 0.2) is 5.17 Å². The van der Waals surface area contributed by atoms with Gasteiger partial charge in [0.05, 0.1) is 11.1 Å². The van der Waals surface area contributed by atoms with Crippen LogP contribution in [0.3, 0.4) is 0 Å². The third-order valence-electron chi connectivity index (χ3n) is 5.66. The molecule has 0 radical (unpaired) electrons. The van der Waals surface area contributed by atoms with E-state index in [4.69, 9.17) is 11.1 Å². The number of aryl methyl sites for hydroxylation is 1. The van der Waals surface area contributed by atoms with Crippen molar-refractivity contribution in [1.29, 1.82) is 5.41 Å². The van der Waals surface area contributed by atoms with Crippen molar-refractivity contribution in [3.8, 4) is 0 Å². The summed E-state index contributed by atoms with van der Waals surface area (Å²) in [5, 5.41) is 11.4. The molecule has 33 heavy (non-hydrogen) atoms. The number of hydrogen-bond acceptors (Lipinski definition) is 4. The Morgan fingerprint density at radius 1 is 1.09 bits per heavy atom. The Morgan fingerprint density at radius 3 is 2.73 bits per heavy atom. The largest absolute Gasteiger partial charge is 0.379 e. The number of carbonyl (C=O) groups excluding carboxylic acids is 2. The van der Waals surface area contributed by atoms with Crippen molar-refractivity contribution in [2.75, 3.05) is 5.75 Å². The number of carbonyl (C=O) groups is 2. The second-order valence-electron chi connectivity index (χ2n) is 7.72. The highest BCUT2D eigenvalue weighted by atomic mass is 32.2. The average Bonchev–Trinajstić information content (AvgIpc) is 3.43. The fourth-order valence-electron chi connectivity index (χ4n) is 4.28. The third-order valence-corrected chi connectivity index (χ3v) is 6.46. The van der Waals surface area contributed by atoms with Crippen molar-refractivity contribution in [1.82, 2.24) is 14.5 Å². The quantitative estimate of drug-likeness (QED) is 0.176. The summed E-state index contributed by atoms with van der Waals surface area (Å²) in [5.41, 5.74) is 8.17. The number of amides is 2. The summed E-state index contributed by atoms with van der Waals surface area (Å²) in [6, 6.07) is 13.8. The molecule has 2 aromatic heterocycles. The average molecular weight is 462 g/mol. The number of nitrogens with two attached hydrogens (primary N) is 1. The minimum Gasteiger partial charge on any atom is -0.379 e. The second kappa shape index (κ2) is 8.25. The van der Waals surface area contributed by atoms with Crippen molar-refractivity contribution < 1.29 is 14.0 Å². The van der Waals surface area contributed by atoms with Gasteiger partial charge >= 0.3 is 0 Å². The van der Waals surface area contributed by atoms with Gasteiger partial charge in [-0.25, -0.2) is 4.39 Å². The highest BCUT2D eigenvalue weighted by Crippen LogP contribution is 2.35. The fraction of sp³-hybridized carbons (Fsp3) is 0.125. The zero-order chi connectivity index (χ0) is 23.1. The van der Waals surface area contributed by atoms with Crippen LogP contribution in [0.2, 0.25) is 0 Å². The van der Waals surface area contributed by atoms with Crippen LogP contribution in [0.15, 0.2) is 60.9 Å². The van der Waals surface area contributed by atoms with Crippen molar-refractivity contribution in [3.63, 3.8) is 0 Å². The Morgan fingerprint density at radius 2 is 1.91 bits per heavy atom. The third kappa shape index (κ3) is 3.70. The number of nitrogens with zero attached hydrogens (tertiary/aromatic N) is 2. The molecule has 5 rings (SSSR count). The lowest BCUT2D eigenvalue weighted by molar-refractivity contribution is -0.122. The Kier molecular flexibility index (Phi) is 5.26. The molecule has 3 heterocycles. The van der Waals surface area contributed by atoms with Crippen LogP contribution in [0, 0.1) is 11.2 Å². The zero-order valence-corrected chi connectivity index (χ0v) is 18.3. The summed E-state index contributed by atoms with van der Waals surface area (Å²) in [6.45, 7) is 0.671. The van der Waals surface area contributed by atoms with E-state index in [0.29, 0.717) is 28.8 Å². The molecule has 0 unspecified atom stereocenters. The summed E-state index contributed by atoms with van der Waals surface area (Å²) >= 11 is 1.29. The summed E-state index contributed by atoms with van der Waals surface area (Å²) in [4.78, 5) is 25.8. The molecule has 4 N–H and O–H groups in total. The number of hydrogen-bond donors (Lipinski definition) is 3. The maximum Gasteiger partial charge on any atom is 0.275 e. The van der Waals surface area contributed by atoms with E-state index in [1.54, 1.807) is 22.9 Å². The van der Waals surface area contributed by atoms with Crippen LogP contribution >= 0.6 is 11.8 Å². The molecule has 2 amide bonds. The van der Waals surface area contributed by atoms with Crippen LogP contribution < -0.4 is 11.1 Å². The van der Waals surface area contributed by atoms with Gasteiger partial charge in [0, 0.05) is 46.5 Å². The number of amidine groups is 1. The number of aromatic nitrogens is 2. The van der Waals surface area contributed by atoms with E-state index in [9.17, 15) is 14.0 Å². The van der Waals surface area contributed by atoms with Crippen molar-refractivity contribution in [3.05, 3.63) is 72.3 Å². The molecular weight excluding hydrogens is 441 g/mol. The van der Waals surface area contributed by atoms with Crippen LogP contribution in [0.4, 0.5) is 4.39 Å². The van der Waals surface area contributed by atoms with Crippen molar-refractivity contribution in [2.24, 2.45) is 5.73 Å². The van der Waals surface area contributed by atoms with Gasteiger partial charge in [-0.05, 0) is 36.8 Å². The van der Waals surface area contributed by atoms with Gasteiger partial charge in [0.2, 0.25) is 0 Å². The zero-order valence-electron chi connectivity index (χ0n) is 17.5. The Hall–Kier alpha value is -3.85. The van der Waals surface area contributed by atoms with Crippen molar-refractivity contribution in [2.45, 2.75) is 13.0 Å². The summed E-state index contributed by atoms with van der Waals surface area (Å²) < 4.78 is 17.4. The molecule has 1 aliphatic heterocycles. The number of fused-ring (bicyclic) bond motifs is 2. The monoisotopic (exact) mass is 461 g/mol. The van der Waals surface area contributed by atoms with Crippen LogP contribution in [0.1, 0.15) is 12.0 Å². The van der Waals surface area contributed by atoms with Gasteiger partial charge in [-0.1, -0.05) is 30.0 Å². The number of thioether (sulfide) groups is 1. The summed E-state index contributed by atoms with van der Waals surface area (Å²) in [5.74, 6) is -0.622. The first-order chi connectivity index (χ1) is 15.9. The summed E-state index contributed by atoms with van der Waals surface area (Å²) in [7, 11) is 0. The minimum atomic E-state index is -0.494. The molecule has 0 saturated carbocycles. The lowest BCUT2D eigenvalue weighted by atomic mass is 10.0. The van der Waals surface area contributed by atoms with Gasteiger partial charge in [-0.3, -0.25) is 20.3 Å². The van der Waals surface area contributed by atoms with Crippen LogP contribution in [-0.4, -0.2) is 31.9 Å². The van der Waals surface area contributed by atoms with E-state index in [2.05, 4.69) is 9.88 Å². The van der Waals surface area contributed by atoms with E-state index >= 15 is 0 Å². The van der Waals surface area contributed by atoms with Gasteiger partial charge in [-0.15, -0.1) is 0 Å². The van der Waals surface area contributed by atoms with E-state index in [-0.39, 0.29) is 22.3 Å². The molecule has 0 atom stereocenters. The number of benzene rings is 2. The van der Waals surface area contributed by atoms with Gasteiger partial charge in [-0.2, -0.15) is 0 Å². The smallest absolute Gasteiger partial charge is 0.275 e. The molecule has 9 heteroatoms. The lowest BCUT2D eigenvalue weighted by Crippen LogP contribution is -2.23. The first-order valence-electron chi connectivity index (χ1n) is 10.4. The van der Waals surface area contributed by atoms with E-state index in [0.717, 1.165) is 17.3 Å². The van der Waals surface area contributed by atoms with Crippen LogP contribution in [0.25, 0.3) is 33.1 Å². The highest BCUT2D eigenvalue weighted by molar-refractivity contribution is 8.13. The molecule has 1 aliphatic rings. The van der Waals surface area contributed by atoms with Crippen molar-refractivity contribution >= 4 is 61.8 Å². The van der Waals surface area contributed by atoms with Gasteiger partial charge in [0.25, 0.3) is 11.8 Å². The number of imide groups is 1. The first-order valence-corrected chi connectivity index (χ1v) is 11.3. The Bertz CT molecular complexity index is 1480. The molecule has 0 aliphatic carbocycles. The predicted molar refractivity (Wildman–Crippen MR) is 129 cm³/mol. The molecule has 166 valence electrons. The normalized spacial score (nSPS) is 14.0. The van der Waals surface area contributed by atoms with Gasteiger partial charge in [0.1, 0.15) is 11.5 Å². The topological polar surface area (TPSA) is 106 Å². The molecule has 7 nitrogen and oxygen atoms in total. The number of rotatable bonds is 6. The molecule has 0 bridgehead atoms.